The maximum Gasteiger partial charge on any atom is 0.472 e. The Kier molecular flexibility index (Phi) is 33.1. The lowest BCUT2D eigenvalue weighted by Crippen LogP contribution is -2.61. The van der Waals surface area contributed by atoms with Gasteiger partial charge in [-0.15, -0.1) is 11.6 Å². The second-order valence-corrected chi connectivity index (χ2v) is 21.0. The molecule has 0 bridgehead atoms. The summed E-state index contributed by atoms with van der Waals surface area (Å²) in [7, 11) is -2.87. The van der Waals surface area contributed by atoms with Gasteiger partial charge in [-0.1, -0.05) is 128 Å². The van der Waals surface area contributed by atoms with E-state index in [-0.39, 0.29) is 44.6 Å². The average Bonchev–Trinajstić information content (AvgIpc) is 3.98. The fourth-order valence-electron chi connectivity index (χ4n) is 9.08. The highest BCUT2D eigenvalue weighted by molar-refractivity contribution is 7.47. The topological polar surface area (TPSA) is 227 Å². The summed E-state index contributed by atoms with van der Waals surface area (Å²) in [6.07, 6.45) is 23.5. The third-order valence-electron chi connectivity index (χ3n) is 13.0. The van der Waals surface area contributed by atoms with Crippen LogP contribution in [0.3, 0.4) is 0 Å². The summed E-state index contributed by atoms with van der Waals surface area (Å²) in [6, 6.07) is 0. The van der Waals surface area contributed by atoms with Crippen LogP contribution in [0.15, 0.2) is 11.6 Å². The number of phosphoric acid groups is 1. The van der Waals surface area contributed by atoms with Crippen molar-refractivity contribution in [1.29, 1.82) is 0 Å². The smallest absolute Gasteiger partial charge is 0.462 e. The molecule has 2 aliphatic rings. The van der Waals surface area contributed by atoms with Gasteiger partial charge in [-0.25, -0.2) is 9.36 Å². The third kappa shape index (κ3) is 26.6. The minimum atomic E-state index is -4.43. The van der Waals surface area contributed by atoms with Crippen LogP contribution in [-0.4, -0.2) is 123 Å². The van der Waals surface area contributed by atoms with Gasteiger partial charge in [-0.05, 0) is 65.8 Å². The lowest BCUT2D eigenvalue weighted by molar-refractivity contribution is -0.170. The monoisotopic (exact) mass is 1010 g/mol. The zero-order valence-electron chi connectivity index (χ0n) is 42.6. The van der Waals surface area contributed by atoms with Crippen molar-refractivity contribution in [2.24, 2.45) is 11.7 Å². The molecule has 16 nitrogen and oxygen atoms in total. The van der Waals surface area contributed by atoms with Crippen molar-refractivity contribution in [3.63, 3.8) is 0 Å². The van der Waals surface area contributed by atoms with Crippen LogP contribution in [0.25, 0.3) is 0 Å². The van der Waals surface area contributed by atoms with Crippen molar-refractivity contribution in [3.05, 3.63) is 11.6 Å². The van der Waals surface area contributed by atoms with E-state index < -0.39 is 67.9 Å². The fourth-order valence-corrected chi connectivity index (χ4v) is 10.1. The highest BCUT2D eigenvalue weighted by atomic mass is 35.5. The van der Waals surface area contributed by atoms with Gasteiger partial charge >= 0.3 is 25.9 Å². The molecule has 0 spiro atoms. The van der Waals surface area contributed by atoms with E-state index in [4.69, 9.17) is 50.1 Å². The zero-order valence-corrected chi connectivity index (χ0v) is 44.2. The number of nitrogens with one attached hydrogen (secondary N) is 2. The minimum Gasteiger partial charge on any atom is -0.462 e. The Labute approximate surface area is 414 Å². The number of aliphatic hydroxyl groups is 1. The molecule has 8 atom stereocenters. The number of hydrogen-bond acceptors (Lipinski definition) is 14. The first kappa shape index (κ1) is 62.3. The summed E-state index contributed by atoms with van der Waals surface area (Å²) < 4.78 is 50.8. The summed E-state index contributed by atoms with van der Waals surface area (Å²) in [6.45, 7) is 9.10. The van der Waals surface area contributed by atoms with Crippen molar-refractivity contribution >= 4 is 37.5 Å². The molecule has 6 N–H and O–H groups in total. The van der Waals surface area contributed by atoms with E-state index in [1.54, 1.807) is 7.11 Å². The average molecular weight is 1010 g/mol. The quantitative estimate of drug-likeness (QED) is 0.00730. The van der Waals surface area contributed by atoms with Crippen molar-refractivity contribution in [1.82, 2.24) is 10.6 Å². The SMILES string of the molecule is CCCCCCCCCCCCCCCCC(=O)OCC(COP(=O)(O)OCCN)OC(=O)CCCCCCCCNCCNC(=O)O[C@@H]1CC[C@](O)(CCl)[C@@H]([C@@]2(C)OC2CC=C(C)C)[C@@H]1OC. The molecule has 0 aromatic carbocycles. The van der Waals surface area contributed by atoms with E-state index >= 15 is 0 Å². The van der Waals surface area contributed by atoms with Crippen molar-refractivity contribution < 1.29 is 61.7 Å². The van der Waals surface area contributed by atoms with E-state index in [1.165, 1.54) is 69.8 Å². The number of carbonyl (C=O) groups is 3. The zero-order chi connectivity index (χ0) is 50.1. The molecule has 18 heteroatoms. The fraction of sp³-hybridized carbons (Fsp3) is 0.900. The molecule has 0 aromatic rings. The first-order valence-corrected chi connectivity index (χ1v) is 28.1. The summed E-state index contributed by atoms with van der Waals surface area (Å²) in [4.78, 5) is 47.9. The Bertz CT molecular complexity index is 1460. The van der Waals surface area contributed by atoms with Crippen molar-refractivity contribution in [2.45, 2.75) is 224 Å². The highest BCUT2D eigenvalue weighted by Crippen LogP contribution is 2.55. The first-order valence-electron chi connectivity index (χ1n) is 26.1. The number of alkyl carbamates (subject to hydrolysis) is 1. The van der Waals surface area contributed by atoms with Crippen LogP contribution in [0.5, 0.6) is 0 Å². The molecule has 68 heavy (non-hydrogen) atoms. The second-order valence-electron chi connectivity index (χ2n) is 19.3. The number of alkyl halides is 1. The van der Waals surface area contributed by atoms with Gasteiger partial charge in [0.25, 0.3) is 0 Å². The Hall–Kier alpha value is -1.85. The number of phosphoric ester groups is 1. The van der Waals surface area contributed by atoms with Crippen molar-refractivity contribution in [3.8, 4) is 0 Å². The molecule has 1 amide bonds. The van der Waals surface area contributed by atoms with Gasteiger partial charge in [0, 0.05) is 39.6 Å². The maximum absolute atomic E-state index is 12.8. The number of methoxy groups -OCH3 is 1. The number of unbranched alkanes of at least 4 members (excludes halogenated alkanes) is 18. The molecule has 0 radical (unpaired) electrons. The number of rotatable bonds is 42. The minimum absolute atomic E-state index is 0.0232. The molecular weight excluding hydrogens is 917 g/mol. The number of epoxide rings is 1. The lowest BCUT2D eigenvalue weighted by Gasteiger charge is -2.48. The normalized spacial score (nSPS) is 23.6. The summed E-state index contributed by atoms with van der Waals surface area (Å²) in [5.41, 5.74) is 4.68. The Morgan fingerprint density at radius 2 is 1.41 bits per heavy atom. The Morgan fingerprint density at radius 1 is 0.838 bits per heavy atom. The Morgan fingerprint density at radius 3 is 1.97 bits per heavy atom. The molecule has 3 unspecified atom stereocenters. The number of nitrogens with two attached hydrogens (primary N) is 1. The molecule has 1 saturated carbocycles. The van der Waals surface area contributed by atoms with Gasteiger partial charge in [-0.2, -0.15) is 0 Å². The van der Waals surface area contributed by atoms with Gasteiger partial charge in [0.1, 0.15) is 24.4 Å². The summed E-state index contributed by atoms with van der Waals surface area (Å²) in [5, 5.41) is 17.7. The van der Waals surface area contributed by atoms with Crippen LogP contribution in [0.1, 0.15) is 188 Å². The number of amides is 1. The molecular formula is C50H93ClN3O13P. The molecule has 2 rings (SSSR count). The van der Waals surface area contributed by atoms with Crippen LogP contribution >= 0.6 is 19.4 Å². The van der Waals surface area contributed by atoms with Gasteiger partial charge < -0.3 is 50.1 Å². The van der Waals surface area contributed by atoms with Gasteiger partial charge in [0.2, 0.25) is 0 Å². The first-order chi connectivity index (χ1) is 32.6. The predicted octanol–water partition coefficient (Wildman–Crippen LogP) is 9.73. The van der Waals surface area contributed by atoms with Crippen LogP contribution in [0.2, 0.25) is 0 Å². The highest BCUT2D eigenvalue weighted by Gasteiger charge is 2.67. The number of ether oxygens (including phenoxy) is 5. The predicted molar refractivity (Wildman–Crippen MR) is 267 cm³/mol. The van der Waals surface area contributed by atoms with Crippen molar-refractivity contribution in [2.75, 3.05) is 59.0 Å². The number of carbonyl (C=O) groups excluding carboxylic acids is 3. The summed E-state index contributed by atoms with van der Waals surface area (Å²) >= 11 is 6.31. The summed E-state index contributed by atoms with van der Waals surface area (Å²) in [5.74, 6) is -1.37. The lowest BCUT2D eigenvalue weighted by atomic mass is 9.66. The van der Waals surface area contributed by atoms with E-state index in [0.29, 0.717) is 38.8 Å². The van der Waals surface area contributed by atoms with E-state index in [0.717, 1.165) is 64.3 Å². The van der Waals surface area contributed by atoms with Crippen LogP contribution < -0.4 is 16.4 Å². The molecule has 398 valence electrons. The number of hydrogen-bond donors (Lipinski definition) is 5. The van der Waals surface area contributed by atoms with Gasteiger partial charge in [0.05, 0.1) is 36.7 Å². The Balaban J connectivity index is 1.58. The van der Waals surface area contributed by atoms with E-state index in [2.05, 4.69) is 23.6 Å². The maximum atomic E-state index is 12.8. The van der Waals surface area contributed by atoms with Gasteiger partial charge in [-0.3, -0.25) is 18.6 Å². The largest absolute Gasteiger partial charge is 0.472 e. The van der Waals surface area contributed by atoms with Crippen LogP contribution in [-0.2, 0) is 46.9 Å². The number of esters is 2. The van der Waals surface area contributed by atoms with Crippen LogP contribution in [0.4, 0.5) is 4.79 Å². The van der Waals surface area contributed by atoms with Gasteiger partial charge in [0.15, 0.2) is 6.10 Å². The number of allylic oxidation sites excluding steroid dienone is 1. The molecule has 1 aliphatic carbocycles. The number of halogens is 1. The van der Waals surface area contributed by atoms with E-state index in [1.807, 2.05) is 20.8 Å². The molecule has 0 aromatic heterocycles. The third-order valence-corrected chi connectivity index (χ3v) is 14.5. The molecule has 2 fully saturated rings. The molecule has 1 aliphatic heterocycles. The second kappa shape index (κ2) is 36.1. The van der Waals surface area contributed by atoms with Crippen LogP contribution in [0, 0.1) is 5.92 Å². The standard InChI is InChI=1S/C50H93ClN3O13P/c1-6-7-8-9-10-11-12-13-14-15-16-17-20-23-26-44(55)62-37-41(38-64-68(59,60)63-36-32-52)65-45(56)27-24-21-18-19-22-25-33-53-34-35-54-48(57)66-42-30-31-50(58,39-51)47(46(42)61-5)49(4)43(67-49)29-28-40(2)3/h28,41-43,46-47,53,58H,6-27,29-39,52H2,1-5H3,(H,54,57)(H,59,60)/t41?,42-,43?,46-,47-,49+,50+/m1/s1. The molecule has 1 saturated heterocycles. The molecule has 1 heterocycles. The van der Waals surface area contributed by atoms with E-state index in [9.17, 15) is 28.9 Å².